The van der Waals surface area contributed by atoms with Crippen molar-refractivity contribution in [3.05, 3.63) is 35.8 Å². The highest BCUT2D eigenvalue weighted by Gasteiger charge is 2.28. The lowest BCUT2D eigenvalue weighted by molar-refractivity contribution is -0.146. The van der Waals surface area contributed by atoms with Crippen molar-refractivity contribution in [3.8, 4) is 0 Å². The average molecular weight is 374 g/mol. The monoisotopic (exact) mass is 374 g/mol. The van der Waals surface area contributed by atoms with Crippen LogP contribution in [0, 0.1) is 5.82 Å². The number of H-pyrrole nitrogens is 1. The Bertz CT molecular complexity index is 856. The molecule has 2 N–H and O–H groups in total. The summed E-state index contributed by atoms with van der Waals surface area (Å²) in [5, 5.41) is 3.24. The lowest BCUT2D eigenvalue weighted by Crippen LogP contribution is -2.54. The van der Waals surface area contributed by atoms with Crippen LogP contribution in [0.1, 0.15) is 30.3 Å². The van der Waals surface area contributed by atoms with Gasteiger partial charge in [0.25, 0.3) is 5.91 Å². The number of nitrogens with zero attached hydrogens (tertiary/aromatic N) is 2. The predicted octanol–water partition coefficient (Wildman–Crippen LogP) is 1.51. The van der Waals surface area contributed by atoms with Gasteiger partial charge in [0.2, 0.25) is 0 Å². The minimum atomic E-state index is -0.602. The maximum absolute atomic E-state index is 13.8. The second-order valence-corrected chi connectivity index (χ2v) is 6.58. The molecule has 3 amide bonds. The minimum Gasteiger partial charge on any atom is -0.348 e. The number of hydrogen-bond acceptors (Lipinski definition) is 3. The van der Waals surface area contributed by atoms with Gasteiger partial charge in [0, 0.05) is 38.1 Å². The Balaban J connectivity index is 1.58. The third-order valence-electron chi connectivity index (χ3n) is 4.70. The van der Waals surface area contributed by atoms with Gasteiger partial charge in [-0.3, -0.25) is 14.4 Å². The van der Waals surface area contributed by atoms with E-state index in [2.05, 4.69) is 10.3 Å². The number of unbranched alkanes of at least 4 members (excludes halogenated alkanes) is 1. The van der Waals surface area contributed by atoms with Gasteiger partial charge in [0.05, 0.1) is 5.52 Å². The zero-order valence-corrected chi connectivity index (χ0v) is 15.3. The molecule has 1 saturated heterocycles. The van der Waals surface area contributed by atoms with E-state index in [4.69, 9.17) is 0 Å². The number of halogens is 1. The molecule has 1 aromatic carbocycles. The molecule has 1 aromatic heterocycles. The summed E-state index contributed by atoms with van der Waals surface area (Å²) >= 11 is 0. The number of carbonyl (C=O) groups excluding carboxylic acids is 3. The van der Waals surface area contributed by atoms with Gasteiger partial charge in [-0.05, 0) is 18.6 Å². The summed E-state index contributed by atoms with van der Waals surface area (Å²) in [7, 11) is 0. The summed E-state index contributed by atoms with van der Waals surface area (Å²) in [6, 6.07) is 6.29. The van der Waals surface area contributed by atoms with Crippen molar-refractivity contribution >= 4 is 28.6 Å². The smallest absolute Gasteiger partial charge is 0.312 e. The van der Waals surface area contributed by atoms with Crippen LogP contribution in [0.3, 0.4) is 0 Å². The van der Waals surface area contributed by atoms with E-state index in [9.17, 15) is 18.8 Å². The number of benzene rings is 1. The lowest BCUT2D eigenvalue weighted by Gasteiger charge is -2.34. The van der Waals surface area contributed by atoms with Gasteiger partial charge in [-0.1, -0.05) is 25.5 Å². The largest absolute Gasteiger partial charge is 0.348 e. The molecule has 8 heteroatoms. The molecule has 27 heavy (non-hydrogen) atoms. The highest BCUT2D eigenvalue weighted by molar-refractivity contribution is 6.35. The topological polar surface area (TPSA) is 85.5 Å². The average Bonchev–Trinajstić information content (AvgIpc) is 3.13. The number of amides is 3. The van der Waals surface area contributed by atoms with Gasteiger partial charge in [0.1, 0.15) is 11.5 Å². The Kier molecular flexibility index (Phi) is 5.73. The van der Waals surface area contributed by atoms with Gasteiger partial charge in [0.15, 0.2) is 0 Å². The predicted molar refractivity (Wildman–Crippen MR) is 98.7 cm³/mol. The van der Waals surface area contributed by atoms with E-state index in [0.29, 0.717) is 49.3 Å². The molecule has 3 rings (SSSR count). The van der Waals surface area contributed by atoms with Crippen LogP contribution in [-0.4, -0.2) is 65.2 Å². The van der Waals surface area contributed by atoms with Gasteiger partial charge >= 0.3 is 11.8 Å². The Morgan fingerprint density at radius 1 is 1.15 bits per heavy atom. The van der Waals surface area contributed by atoms with Crippen molar-refractivity contribution in [2.75, 3.05) is 32.7 Å². The second-order valence-electron chi connectivity index (χ2n) is 6.58. The molecular formula is C19H23FN4O3. The molecule has 0 radical (unpaired) electrons. The summed E-state index contributed by atoms with van der Waals surface area (Å²) in [4.78, 5) is 42.6. The number of piperazine rings is 1. The Labute approximate surface area is 156 Å². The fourth-order valence-electron chi connectivity index (χ4n) is 3.12. The number of nitrogens with one attached hydrogen (secondary N) is 2. The van der Waals surface area contributed by atoms with Gasteiger partial charge in [-0.15, -0.1) is 0 Å². The summed E-state index contributed by atoms with van der Waals surface area (Å²) in [6.45, 7) is 3.72. The van der Waals surface area contributed by atoms with Crippen LogP contribution in [0.15, 0.2) is 24.3 Å². The van der Waals surface area contributed by atoms with Gasteiger partial charge in [-0.2, -0.15) is 0 Å². The normalized spacial score (nSPS) is 14.4. The number of rotatable bonds is 4. The molecule has 7 nitrogen and oxygen atoms in total. The molecule has 0 saturated carbocycles. The molecule has 0 unspecified atom stereocenters. The SMILES string of the molecule is CCCCNC(=O)C(=O)N1CCN(C(=O)c2cc3cccc(F)c3[nH]2)CC1. The summed E-state index contributed by atoms with van der Waals surface area (Å²) < 4.78 is 13.8. The number of aromatic nitrogens is 1. The van der Waals surface area contributed by atoms with Crippen molar-refractivity contribution in [1.82, 2.24) is 20.1 Å². The summed E-state index contributed by atoms with van der Waals surface area (Å²) in [5.74, 6) is -1.82. The summed E-state index contributed by atoms with van der Waals surface area (Å²) in [6.07, 6.45) is 1.76. The molecule has 1 aliphatic heterocycles. The van der Waals surface area contributed by atoms with E-state index in [1.165, 1.54) is 11.0 Å². The number of aromatic amines is 1. The van der Waals surface area contributed by atoms with Crippen molar-refractivity contribution < 1.29 is 18.8 Å². The van der Waals surface area contributed by atoms with E-state index < -0.39 is 17.6 Å². The quantitative estimate of drug-likeness (QED) is 0.628. The Morgan fingerprint density at radius 3 is 2.52 bits per heavy atom. The molecule has 1 aliphatic rings. The van der Waals surface area contributed by atoms with E-state index in [0.717, 1.165) is 12.8 Å². The fraction of sp³-hybridized carbons (Fsp3) is 0.421. The van der Waals surface area contributed by atoms with Crippen LogP contribution in [0.5, 0.6) is 0 Å². The van der Waals surface area contributed by atoms with Crippen molar-refractivity contribution in [1.29, 1.82) is 0 Å². The molecular weight excluding hydrogens is 351 g/mol. The molecule has 0 aliphatic carbocycles. The van der Waals surface area contributed by atoms with Crippen LogP contribution in [-0.2, 0) is 9.59 Å². The molecule has 0 atom stereocenters. The van der Waals surface area contributed by atoms with E-state index in [1.54, 1.807) is 23.1 Å². The Morgan fingerprint density at radius 2 is 1.85 bits per heavy atom. The van der Waals surface area contributed by atoms with Gasteiger partial charge < -0.3 is 20.1 Å². The molecule has 2 heterocycles. The first-order valence-corrected chi connectivity index (χ1v) is 9.15. The third kappa shape index (κ3) is 4.10. The number of fused-ring (bicyclic) bond motifs is 1. The van der Waals surface area contributed by atoms with Crippen molar-refractivity contribution in [2.45, 2.75) is 19.8 Å². The van der Waals surface area contributed by atoms with Crippen LogP contribution in [0.25, 0.3) is 10.9 Å². The number of carbonyl (C=O) groups is 3. The molecule has 0 bridgehead atoms. The fourth-order valence-corrected chi connectivity index (χ4v) is 3.12. The van der Waals surface area contributed by atoms with Crippen LogP contribution in [0.4, 0.5) is 4.39 Å². The maximum atomic E-state index is 13.8. The molecule has 2 aromatic rings. The first kappa shape index (κ1) is 18.9. The maximum Gasteiger partial charge on any atom is 0.312 e. The Hall–Kier alpha value is -2.90. The van der Waals surface area contributed by atoms with Gasteiger partial charge in [-0.25, -0.2) is 4.39 Å². The van der Waals surface area contributed by atoms with Crippen LogP contribution in [0.2, 0.25) is 0 Å². The highest BCUT2D eigenvalue weighted by atomic mass is 19.1. The van der Waals surface area contributed by atoms with Crippen LogP contribution >= 0.6 is 0 Å². The molecule has 1 fully saturated rings. The number of hydrogen-bond donors (Lipinski definition) is 2. The van der Waals surface area contributed by atoms with E-state index in [-0.39, 0.29) is 5.91 Å². The van der Waals surface area contributed by atoms with E-state index >= 15 is 0 Å². The zero-order chi connectivity index (χ0) is 19.4. The van der Waals surface area contributed by atoms with Crippen molar-refractivity contribution in [2.24, 2.45) is 0 Å². The molecule has 144 valence electrons. The molecule has 0 spiro atoms. The third-order valence-corrected chi connectivity index (χ3v) is 4.70. The number of para-hydroxylation sites is 1. The first-order chi connectivity index (χ1) is 13.0. The van der Waals surface area contributed by atoms with Crippen LogP contribution < -0.4 is 5.32 Å². The standard InChI is InChI=1S/C19H23FN4O3/c1-2-3-7-21-17(25)19(27)24-10-8-23(9-11-24)18(26)15-12-13-5-4-6-14(20)16(13)22-15/h4-6,12,22H,2-3,7-11H2,1H3,(H,21,25). The lowest BCUT2D eigenvalue weighted by atomic mass is 10.2. The second kappa shape index (κ2) is 8.20. The van der Waals surface area contributed by atoms with Crippen molar-refractivity contribution in [3.63, 3.8) is 0 Å². The van der Waals surface area contributed by atoms with E-state index in [1.807, 2.05) is 6.92 Å². The summed E-state index contributed by atoms with van der Waals surface area (Å²) in [5.41, 5.74) is 0.616. The minimum absolute atomic E-state index is 0.245. The first-order valence-electron chi connectivity index (χ1n) is 9.15. The zero-order valence-electron chi connectivity index (χ0n) is 15.3. The highest BCUT2D eigenvalue weighted by Crippen LogP contribution is 2.19.